The van der Waals surface area contributed by atoms with E-state index < -0.39 is 0 Å². The normalized spacial score (nSPS) is 19.2. The number of pyridine rings is 2. The predicted octanol–water partition coefficient (Wildman–Crippen LogP) is 4.40. The summed E-state index contributed by atoms with van der Waals surface area (Å²) in [5, 5.41) is 3.58. The Labute approximate surface area is 242 Å². The van der Waals surface area contributed by atoms with Crippen LogP contribution in [-0.4, -0.2) is 62.1 Å². The van der Waals surface area contributed by atoms with Gasteiger partial charge in [-0.25, -0.2) is 14.6 Å². The lowest BCUT2D eigenvalue weighted by Gasteiger charge is -2.29. The summed E-state index contributed by atoms with van der Waals surface area (Å²) in [6.45, 7) is 3.58. The molecule has 0 spiro atoms. The van der Waals surface area contributed by atoms with Crippen LogP contribution in [0.25, 0.3) is 16.7 Å². The Balaban J connectivity index is 1.20. The second-order valence-electron chi connectivity index (χ2n) is 10.9. The van der Waals surface area contributed by atoms with Gasteiger partial charge in [-0.1, -0.05) is 23.7 Å². The summed E-state index contributed by atoms with van der Waals surface area (Å²) in [6.07, 6.45) is 6.65. The molecule has 2 aliphatic rings. The van der Waals surface area contributed by atoms with Gasteiger partial charge in [0.15, 0.2) is 0 Å². The van der Waals surface area contributed by atoms with E-state index in [9.17, 15) is 14.4 Å². The highest BCUT2D eigenvalue weighted by molar-refractivity contribution is 6.30. The Morgan fingerprint density at radius 3 is 2.51 bits per heavy atom. The molecule has 11 heteroatoms. The van der Waals surface area contributed by atoms with Gasteiger partial charge in [-0.05, 0) is 62.8 Å². The fourth-order valence-electron chi connectivity index (χ4n) is 5.94. The number of imidazole rings is 1. The number of nitrogens with zero attached hydrogens (tertiary/aromatic N) is 6. The number of urea groups is 1. The number of carbonyl (C=O) groups excluding carboxylic acids is 2. The third-order valence-corrected chi connectivity index (χ3v) is 8.44. The number of hydrogen-bond donors (Lipinski definition) is 1. The Hall–Kier alpha value is -4.18. The zero-order chi connectivity index (χ0) is 28.7. The van der Waals surface area contributed by atoms with Crippen LogP contribution in [0.2, 0.25) is 5.02 Å². The molecular formula is C30H32ClN7O3. The Bertz CT molecular complexity index is 1690. The van der Waals surface area contributed by atoms with Crippen molar-refractivity contribution >= 4 is 40.4 Å². The number of benzene rings is 1. The minimum atomic E-state index is -0.153. The minimum Gasteiger partial charge on any atom is -0.349 e. The first-order chi connectivity index (χ1) is 19.8. The molecule has 1 saturated carbocycles. The molecule has 0 bridgehead atoms. The fraction of sp³-hybridized carbons (Fsp3) is 0.367. The first kappa shape index (κ1) is 27.0. The predicted molar refractivity (Wildman–Crippen MR) is 158 cm³/mol. The van der Waals surface area contributed by atoms with Gasteiger partial charge in [-0.3, -0.25) is 23.8 Å². The van der Waals surface area contributed by atoms with E-state index in [2.05, 4.69) is 15.3 Å². The van der Waals surface area contributed by atoms with Crippen molar-refractivity contribution in [3.63, 3.8) is 0 Å². The van der Waals surface area contributed by atoms with E-state index in [-0.39, 0.29) is 23.7 Å². The maximum absolute atomic E-state index is 13.9. The molecule has 3 amide bonds. The summed E-state index contributed by atoms with van der Waals surface area (Å²) in [6, 6.07) is 13.0. The van der Waals surface area contributed by atoms with Crippen LogP contribution < -0.4 is 15.9 Å². The smallest absolute Gasteiger partial charge is 0.333 e. The maximum atomic E-state index is 13.9. The molecule has 10 nitrogen and oxygen atoms in total. The number of likely N-dealkylation sites (N-methyl/N-ethyl adjacent to an activating group) is 1. The zero-order valence-electron chi connectivity index (χ0n) is 23.1. The van der Waals surface area contributed by atoms with Crippen LogP contribution in [0.15, 0.2) is 59.7 Å². The topological polar surface area (TPSA) is 105 Å². The van der Waals surface area contributed by atoms with E-state index in [1.54, 1.807) is 58.9 Å². The highest BCUT2D eigenvalue weighted by Crippen LogP contribution is 2.28. The highest BCUT2D eigenvalue weighted by atomic mass is 35.5. The monoisotopic (exact) mass is 573 g/mol. The Morgan fingerprint density at radius 1 is 1.02 bits per heavy atom. The van der Waals surface area contributed by atoms with E-state index in [1.165, 1.54) is 0 Å². The quantitative estimate of drug-likeness (QED) is 0.368. The molecule has 3 aromatic heterocycles. The molecule has 212 valence electrons. The minimum absolute atomic E-state index is 0.0674. The van der Waals surface area contributed by atoms with Crippen molar-refractivity contribution in [3.05, 3.63) is 81.6 Å². The van der Waals surface area contributed by atoms with E-state index in [0.29, 0.717) is 53.3 Å². The molecule has 1 saturated heterocycles. The molecule has 1 N–H and O–H groups in total. The van der Waals surface area contributed by atoms with E-state index in [0.717, 1.165) is 36.7 Å². The lowest BCUT2D eigenvalue weighted by molar-refractivity contribution is 0.0919. The summed E-state index contributed by atoms with van der Waals surface area (Å²) >= 11 is 6.05. The van der Waals surface area contributed by atoms with Crippen LogP contribution in [0.1, 0.15) is 41.7 Å². The van der Waals surface area contributed by atoms with E-state index >= 15 is 0 Å². The highest BCUT2D eigenvalue weighted by Gasteiger charge is 2.29. The van der Waals surface area contributed by atoms with Gasteiger partial charge >= 0.3 is 11.7 Å². The second kappa shape index (κ2) is 11.0. The third kappa shape index (κ3) is 5.19. The lowest BCUT2D eigenvalue weighted by Crippen LogP contribution is -2.39. The van der Waals surface area contributed by atoms with E-state index in [4.69, 9.17) is 11.6 Å². The Kier molecular flexibility index (Phi) is 7.25. The molecule has 4 aromatic rings. The number of anilines is 1. The molecule has 0 atom stereocenters. The van der Waals surface area contributed by atoms with Crippen molar-refractivity contribution in [2.75, 3.05) is 25.0 Å². The maximum Gasteiger partial charge on any atom is 0.333 e. The molecule has 1 aliphatic carbocycles. The van der Waals surface area contributed by atoms with Crippen LogP contribution in [0.5, 0.6) is 0 Å². The molecule has 2 fully saturated rings. The molecule has 41 heavy (non-hydrogen) atoms. The summed E-state index contributed by atoms with van der Waals surface area (Å²) in [5.41, 5.74) is 3.39. The van der Waals surface area contributed by atoms with Crippen LogP contribution in [-0.2, 0) is 6.54 Å². The largest absolute Gasteiger partial charge is 0.349 e. The van der Waals surface area contributed by atoms with Crippen molar-refractivity contribution in [1.29, 1.82) is 0 Å². The number of halogens is 1. The molecule has 1 aliphatic heterocycles. The SMILES string of the molecule is Cc1ncc(Cl)cc1C(=O)N[C@H]1CC[C@H](Cn2c(=O)n(-c3ccnc(N4CCN(C)C4=O)c3)c3ccccc32)CC1. The molecule has 0 unspecified atom stereocenters. The number of amides is 3. The van der Waals surface area contributed by atoms with Crippen LogP contribution >= 0.6 is 11.6 Å². The number of fused-ring (bicyclic) bond motifs is 1. The van der Waals surface area contributed by atoms with Crippen molar-refractivity contribution in [3.8, 4) is 5.69 Å². The number of nitrogens with one attached hydrogen (secondary N) is 1. The van der Waals surface area contributed by atoms with Crippen molar-refractivity contribution in [1.82, 2.24) is 29.3 Å². The number of aromatic nitrogens is 4. The van der Waals surface area contributed by atoms with Gasteiger partial charge in [0.1, 0.15) is 5.82 Å². The van der Waals surface area contributed by atoms with Crippen molar-refractivity contribution in [2.45, 2.75) is 45.2 Å². The number of rotatable bonds is 6. The van der Waals surface area contributed by atoms with Gasteiger partial charge in [0.25, 0.3) is 5.91 Å². The molecule has 1 aromatic carbocycles. The van der Waals surface area contributed by atoms with E-state index in [1.807, 2.05) is 28.8 Å². The number of para-hydroxylation sites is 2. The first-order valence-corrected chi connectivity index (χ1v) is 14.3. The fourth-order valence-corrected chi connectivity index (χ4v) is 6.09. The summed E-state index contributed by atoms with van der Waals surface area (Å²) in [5.74, 6) is 0.685. The Morgan fingerprint density at radius 2 is 1.78 bits per heavy atom. The van der Waals surface area contributed by atoms with Gasteiger partial charge < -0.3 is 10.2 Å². The molecule has 0 radical (unpaired) electrons. The number of aryl methyl sites for hydroxylation is 1. The molecular weight excluding hydrogens is 542 g/mol. The summed E-state index contributed by atoms with van der Waals surface area (Å²) in [4.78, 5) is 51.2. The average Bonchev–Trinajstić information content (AvgIpc) is 3.46. The number of hydrogen-bond acceptors (Lipinski definition) is 5. The first-order valence-electron chi connectivity index (χ1n) is 13.9. The third-order valence-electron chi connectivity index (χ3n) is 8.24. The van der Waals surface area contributed by atoms with Gasteiger partial charge in [-0.2, -0.15) is 0 Å². The van der Waals surface area contributed by atoms with Gasteiger partial charge in [-0.15, -0.1) is 0 Å². The van der Waals surface area contributed by atoms with Gasteiger partial charge in [0, 0.05) is 51.2 Å². The van der Waals surface area contributed by atoms with Crippen LogP contribution in [0.3, 0.4) is 0 Å². The molecule has 4 heterocycles. The number of carbonyl (C=O) groups is 2. The van der Waals surface area contributed by atoms with Crippen LogP contribution in [0, 0.1) is 12.8 Å². The summed E-state index contributed by atoms with van der Waals surface area (Å²) in [7, 11) is 1.77. The van der Waals surface area contributed by atoms with Gasteiger partial charge in [0.2, 0.25) is 0 Å². The zero-order valence-corrected chi connectivity index (χ0v) is 23.8. The average molecular weight is 574 g/mol. The second-order valence-corrected chi connectivity index (χ2v) is 11.4. The van der Waals surface area contributed by atoms with Crippen molar-refractivity contribution in [2.24, 2.45) is 5.92 Å². The van der Waals surface area contributed by atoms with Crippen LogP contribution in [0.4, 0.5) is 10.6 Å². The van der Waals surface area contributed by atoms with Crippen molar-refractivity contribution < 1.29 is 9.59 Å². The molecule has 6 rings (SSSR count). The van der Waals surface area contributed by atoms with Gasteiger partial charge in [0.05, 0.1) is 33.0 Å². The standard InChI is InChI=1S/C30H32ClN7O3/c1-19-24(15-21(31)17-33-19)28(39)34-22-9-7-20(8-10-22)18-37-25-5-3-4-6-26(25)38(30(37)41)23-11-12-32-27(16-23)36-14-13-35(2)29(36)40/h3-6,11-12,15-17,20,22H,7-10,13-14,18H2,1-2H3,(H,34,39)/t20-,22-. The lowest BCUT2D eigenvalue weighted by atomic mass is 9.85. The summed E-state index contributed by atoms with van der Waals surface area (Å²) < 4.78 is 3.56.